The molecule has 4 rings (SSSR count). The molecular weight excluding hydrogens is 318 g/mol. The zero-order valence-corrected chi connectivity index (χ0v) is 14.4. The summed E-state index contributed by atoms with van der Waals surface area (Å²) in [4.78, 5) is 0.376. The van der Waals surface area contributed by atoms with Crippen molar-refractivity contribution in [2.45, 2.75) is 18.2 Å². The molecule has 1 saturated heterocycles. The summed E-state index contributed by atoms with van der Waals surface area (Å²) in [6.45, 7) is 3.04. The molecule has 2 aromatic carbocycles. The van der Waals surface area contributed by atoms with Crippen LogP contribution in [-0.4, -0.2) is 25.8 Å². The van der Waals surface area contributed by atoms with E-state index in [2.05, 4.69) is 11.8 Å². The monoisotopic (exact) mass is 337 g/mol. The van der Waals surface area contributed by atoms with Gasteiger partial charge in [-0.15, -0.1) is 0 Å². The van der Waals surface area contributed by atoms with Crippen LogP contribution in [0.2, 0.25) is 0 Å². The second-order valence-corrected chi connectivity index (χ2v) is 8.72. The summed E-state index contributed by atoms with van der Waals surface area (Å²) >= 11 is 0. The van der Waals surface area contributed by atoms with Crippen molar-refractivity contribution < 1.29 is 8.42 Å². The summed E-state index contributed by atoms with van der Waals surface area (Å²) in [5.41, 5.74) is 1.90. The smallest absolute Gasteiger partial charge is 0.207 e. The highest BCUT2D eigenvalue weighted by Crippen LogP contribution is 2.58. The second-order valence-electron chi connectivity index (χ2n) is 6.78. The van der Waals surface area contributed by atoms with Gasteiger partial charge in [0.25, 0.3) is 0 Å². The lowest BCUT2D eigenvalue weighted by Gasteiger charge is -2.19. The van der Waals surface area contributed by atoms with E-state index in [1.807, 2.05) is 49.4 Å². The predicted octanol–water partition coefficient (Wildman–Crippen LogP) is 3.06. The van der Waals surface area contributed by atoms with Gasteiger partial charge in [-0.05, 0) is 43.5 Å². The molecule has 2 aromatic rings. The van der Waals surface area contributed by atoms with Crippen LogP contribution in [0.4, 0.5) is 0 Å². The third kappa shape index (κ3) is 2.64. The molecule has 0 spiro atoms. The van der Waals surface area contributed by atoms with E-state index in [0.717, 1.165) is 17.5 Å². The van der Waals surface area contributed by atoms with Crippen molar-refractivity contribution in [3.63, 3.8) is 0 Å². The average Bonchev–Trinajstić information content (AvgIpc) is 3.14. The predicted molar refractivity (Wildman–Crippen MR) is 93.8 cm³/mol. The molecule has 0 N–H and O–H groups in total. The molecule has 2 aliphatic rings. The summed E-state index contributed by atoms with van der Waals surface area (Å²) < 4.78 is 27.2. The van der Waals surface area contributed by atoms with Gasteiger partial charge in [-0.3, -0.25) is 0 Å². The Balaban J connectivity index is 1.55. The fourth-order valence-corrected chi connectivity index (χ4v) is 4.95. The minimum absolute atomic E-state index is 0.145. The van der Waals surface area contributed by atoms with Crippen LogP contribution >= 0.6 is 0 Å². The summed E-state index contributed by atoms with van der Waals surface area (Å²) in [6, 6.07) is 16.9. The van der Waals surface area contributed by atoms with Crippen LogP contribution in [-0.2, 0) is 10.0 Å². The first kappa shape index (κ1) is 15.4. The summed E-state index contributed by atoms with van der Waals surface area (Å²) in [5.74, 6) is 6.94. The molecule has 2 unspecified atom stereocenters. The number of aryl methyl sites for hydroxylation is 1. The minimum atomic E-state index is -3.41. The van der Waals surface area contributed by atoms with Crippen molar-refractivity contribution >= 4 is 10.0 Å². The SMILES string of the molecule is Cc1ccc(S(=O)(=O)N2CC3CC3(C#Cc3ccccc3)C2)cc1. The van der Waals surface area contributed by atoms with E-state index in [-0.39, 0.29) is 5.41 Å². The molecule has 1 aliphatic carbocycles. The van der Waals surface area contributed by atoms with E-state index in [0.29, 0.717) is 23.9 Å². The fraction of sp³-hybridized carbons (Fsp3) is 0.300. The quantitative estimate of drug-likeness (QED) is 0.790. The van der Waals surface area contributed by atoms with Crippen molar-refractivity contribution in [2.24, 2.45) is 11.3 Å². The normalized spacial score (nSPS) is 25.6. The highest BCUT2D eigenvalue weighted by Gasteiger charge is 2.61. The number of rotatable bonds is 2. The van der Waals surface area contributed by atoms with E-state index in [9.17, 15) is 8.42 Å². The first-order chi connectivity index (χ1) is 11.5. The van der Waals surface area contributed by atoms with Gasteiger partial charge in [-0.1, -0.05) is 47.7 Å². The Kier molecular flexibility index (Phi) is 3.52. The Bertz CT molecular complexity index is 923. The fourth-order valence-electron chi connectivity index (χ4n) is 3.39. The maximum absolute atomic E-state index is 12.8. The number of nitrogens with zero attached hydrogens (tertiary/aromatic N) is 1. The van der Waals surface area contributed by atoms with Crippen molar-refractivity contribution in [3.8, 4) is 11.8 Å². The Morgan fingerprint density at radius 3 is 2.50 bits per heavy atom. The van der Waals surface area contributed by atoms with Gasteiger partial charge in [0.2, 0.25) is 10.0 Å². The van der Waals surface area contributed by atoms with Gasteiger partial charge in [0.15, 0.2) is 0 Å². The Morgan fingerprint density at radius 2 is 1.79 bits per heavy atom. The zero-order valence-electron chi connectivity index (χ0n) is 13.6. The van der Waals surface area contributed by atoms with E-state index < -0.39 is 10.0 Å². The molecule has 1 heterocycles. The minimum Gasteiger partial charge on any atom is -0.207 e. The standard InChI is InChI=1S/C20H19NO2S/c1-16-7-9-19(10-8-16)24(22,23)21-14-18-13-20(18,15-21)12-11-17-5-3-2-4-6-17/h2-10,18H,13-15H2,1H3. The lowest BCUT2D eigenvalue weighted by Crippen LogP contribution is -2.31. The Hall–Kier alpha value is -2.09. The number of hydrogen-bond acceptors (Lipinski definition) is 2. The molecule has 4 heteroatoms. The maximum atomic E-state index is 12.8. The van der Waals surface area contributed by atoms with Crippen molar-refractivity contribution in [3.05, 3.63) is 65.7 Å². The van der Waals surface area contributed by atoms with E-state index in [4.69, 9.17) is 0 Å². The lowest BCUT2D eigenvalue weighted by molar-refractivity contribution is 0.430. The molecule has 3 nitrogen and oxygen atoms in total. The van der Waals surface area contributed by atoms with Gasteiger partial charge >= 0.3 is 0 Å². The topological polar surface area (TPSA) is 37.4 Å². The maximum Gasteiger partial charge on any atom is 0.243 e. The molecule has 122 valence electrons. The first-order valence-corrected chi connectivity index (χ1v) is 9.59. The molecule has 0 bridgehead atoms. The van der Waals surface area contributed by atoms with Crippen molar-refractivity contribution in [1.29, 1.82) is 0 Å². The molecule has 24 heavy (non-hydrogen) atoms. The van der Waals surface area contributed by atoms with Crippen LogP contribution in [0.5, 0.6) is 0 Å². The van der Waals surface area contributed by atoms with Crippen LogP contribution in [0, 0.1) is 30.1 Å². The molecule has 0 amide bonds. The Morgan fingerprint density at radius 1 is 1.08 bits per heavy atom. The largest absolute Gasteiger partial charge is 0.243 e. The highest BCUT2D eigenvalue weighted by atomic mass is 32.2. The Labute approximate surface area is 143 Å². The molecule has 2 atom stereocenters. The number of benzene rings is 2. The summed E-state index contributed by atoms with van der Waals surface area (Å²) in [6.07, 6.45) is 1.01. The molecule has 0 aromatic heterocycles. The third-order valence-electron chi connectivity index (χ3n) is 5.00. The molecule has 0 radical (unpaired) electrons. The number of piperidine rings is 1. The lowest BCUT2D eigenvalue weighted by atomic mass is 10.1. The van der Waals surface area contributed by atoms with Gasteiger partial charge in [-0.25, -0.2) is 8.42 Å². The number of sulfonamides is 1. The van der Waals surface area contributed by atoms with Crippen LogP contribution in [0.15, 0.2) is 59.5 Å². The number of fused-ring (bicyclic) bond motifs is 1. The van der Waals surface area contributed by atoms with Crippen LogP contribution in [0.3, 0.4) is 0 Å². The first-order valence-electron chi connectivity index (χ1n) is 8.15. The summed E-state index contributed by atoms with van der Waals surface area (Å²) in [5, 5.41) is 0. The van der Waals surface area contributed by atoms with Crippen LogP contribution in [0.25, 0.3) is 0 Å². The van der Waals surface area contributed by atoms with E-state index in [1.165, 1.54) is 0 Å². The average molecular weight is 337 g/mol. The van der Waals surface area contributed by atoms with Gasteiger partial charge in [-0.2, -0.15) is 4.31 Å². The second kappa shape index (κ2) is 5.47. The number of hydrogen-bond donors (Lipinski definition) is 0. The van der Waals surface area contributed by atoms with Crippen molar-refractivity contribution in [1.82, 2.24) is 4.31 Å². The van der Waals surface area contributed by atoms with Crippen LogP contribution < -0.4 is 0 Å². The molecule has 1 saturated carbocycles. The van der Waals surface area contributed by atoms with Gasteiger partial charge in [0, 0.05) is 18.7 Å². The van der Waals surface area contributed by atoms with Crippen LogP contribution in [0.1, 0.15) is 17.5 Å². The van der Waals surface area contributed by atoms with E-state index >= 15 is 0 Å². The van der Waals surface area contributed by atoms with E-state index in [1.54, 1.807) is 16.4 Å². The van der Waals surface area contributed by atoms with Crippen molar-refractivity contribution in [2.75, 3.05) is 13.1 Å². The van der Waals surface area contributed by atoms with Gasteiger partial charge < -0.3 is 0 Å². The molecular formula is C20H19NO2S. The zero-order chi connectivity index (χ0) is 16.8. The highest BCUT2D eigenvalue weighted by molar-refractivity contribution is 7.89. The summed E-state index contributed by atoms with van der Waals surface area (Å²) in [7, 11) is -3.41. The van der Waals surface area contributed by atoms with Gasteiger partial charge in [0.1, 0.15) is 0 Å². The van der Waals surface area contributed by atoms with Gasteiger partial charge in [0.05, 0.1) is 10.3 Å². The molecule has 1 aliphatic heterocycles. The molecule has 2 fully saturated rings. The third-order valence-corrected chi connectivity index (χ3v) is 6.83.